The van der Waals surface area contributed by atoms with Gasteiger partial charge in [-0.05, 0) is 30.0 Å². The average Bonchev–Trinajstić information content (AvgIpc) is 2.79. The van der Waals surface area contributed by atoms with Crippen molar-refractivity contribution in [3.8, 4) is 5.88 Å². The highest BCUT2D eigenvalue weighted by molar-refractivity contribution is 7.09. The molecule has 0 spiro atoms. The van der Waals surface area contributed by atoms with E-state index >= 15 is 0 Å². The summed E-state index contributed by atoms with van der Waals surface area (Å²) in [5, 5.41) is 5.40. The number of aryl methyl sites for hydroxylation is 1. The summed E-state index contributed by atoms with van der Waals surface area (Å²) in [5.41, 5.74) is 2.06. The van der Waals surface area contributed by atoms with E-state index < -0.39 is 0 Å². The van der Waals surface area contributed by atoms with E-state index in [9.17, 15) is 0 Å². The van der Waals surface area contributed by atoms with Crippen LogP contribution in [0, 0.1) is 6.92 Å². The Hall–Kier alpha value is -1.55. The predicted molar refractivity (Wildman–Crippen MR) is 67.2 cm³/mol. The van der Waals surface area contributed by atoms with Crippen LogP contribution in [0.3, 0.4) is 0 Å². The van der Waals surface area contributed by atoms with E-state index in [0.29, 0.717) is 5.88 Å². The van der Waals surface area contributed by atoms with Crippen molar-refractivity contribution >= 4 is 17.0 Å². The molecule has 0 aliphatic carbocycles. The Morgan fingerprint density at radius 1 is 1.50 bits per heavy atom. The highest BCUT2D eigenvalue weighted by Gasteiger charge is 2.04. The zero-order chi connectivity index (χ0) is 11.4. The van der Waals surface area contributed by atoms with Gasteiger partial charge in [0.25, 0.3) is 0 Å². The van der Waals surface area contributed by atoms with Crippen molar-refractivity contribution in [2.75, 3.05) is 12.4 Å². The predicted octanol–water partition coefficient (Wildman–Crippen LogP) is 3.07. The van der Waals surface area contributed by atoms with E-state index in [1.165, 1.54) is 4.88 Å². The molecule has 0 saturated heterocycles. The molecule has 0 bridgehead atoms. The largest absolute Gasteiger partial charge is 0.480 e. The molecule has 0 aromatic carbocycles. The summed E-state index contributed by atoms with van der Waals surface area (Å²) in [5.74, 6) is 0.641. The van der Waals surface area contributed by atoms with Crippen molar-refractivity contribution in [1.82, 2.24) is 4.98 Å². The van der Waals surface area contributed by atoms with Crippen molar-refractivity contribution in [3.05, 3.63) is 40.2 Å². The Bertz CT molecular complexity index is 454. The maximum absolute atomic E-state index is 5.20. The Morgan fingerprint density at radius 2 is 2.38 bits per heavy atom. The summed E-state index contributed by atoms with van der Waals surface area (Å²) < 4.78 is 5.20. The van der Waals surface area contributed by atoms with Crippen molar-refractivity contribution in [2.45, 2.75) is 13.5 Å². The number of pyridine rings is 1. The summed E-state index contributed by atoms with van der Waals surface area (Å²) in [6.45, 7) is 2.82. The molecule has 0 radical (unpaired) electrons. The molecule has 0 aliphatic heterocycles. The normalized spacial score (nSPS) is 10.1. The number of methoxy groups -OCH3 is 1. The van der Waals surface area contributed by atoms with Gasteiger partial charge < -0.3 is 10.1 Å². The third-order valence-electron chi connectivity index (χ3n) is 2.21. The Kier molecular flexibility index (Phi) is 3.41. The molecule has 2 aromatic heterocycles. The van der Waals surface area contributed by atoms with Crippen LogP contribution in [-0.4, -0.2) is 12.1 Å². The standard InChI is InChI=1S/C12H14N2OS/c1-9-6-11(12(15-2)14-7-9)13-8-10-4-3-5-16-10/h3-7,13H,8H2,1-2H3. The minimum absolute atomic E-state index is 0.641. The summed E-state index contributed by atoms with van der Waals surface area (Å²) >= 11 is 1.74. The second-order valence-electron chi connectivity index (χ2n) is 3.50. The smallest absolute Gasteiger partial charge is 0.237 e. The molecule has 1 N–H and O–H groups in total. The van der Waals surface area contributed by atoms with Crippen molar-refractivity contribution in [2.24, 2.45) is 0 Å². The topological polar surface area (TPSA) is 34.1 Å². The van der Waals surface area contributed by atoms with Crippen LogP contribution in [0.25, 0.3) is 0 Å². The van der Waals surface area contributed by atoms with E-state index in [2.05, 4.69) is 21.7 Å². The number of nitrogens with zero attached hydrogens (tertiary/aromatic N) is 1. The van der Waals surface area contributed by atoms with Crippen LogP contribution < -0.4 is 10.1 Å². The summed E-state index contributed by atoms with van der Waals surface area (Å²) in [4.78, 5) is 5.51. The fourth-order valence-electron chi connectivity index (χ4n) is 1.44. The quantitative estimate of drug-likeness (QED) is 0.882. The van der Waals surface area contributed by atoms with Crippen LogP contribution in [-0.2, 0) is 6.54 Å². The maximum Gasteiger partial charge on any atom is 0.237 e. The van der Waals surface area contributed by atoms with Crippen molar-refractivity contribution in [3.63, 3.8) is 0 Å². The molecule has 3 nitrogen and oxygen atoms in total. The van der Waals surface area contributed by atoms with Crippen molar-refractivity contribution in [1.29, 1.82) is 0 Å². The molecule has 84 valence electrons. The molecule has 4 heteroatoms. The second kappa shape index (κ2) is 4.99. The van der Waals surface area contributed by atoms with Gasteiger partial charge in [-0.15, -0.1) is 11.3 Å². The minimum Gasteiger partial charge on any atom is -0.480 e. The summed E-state index contributed by atoms with van der Waals surface area (Å²) in [6, 6.07) is 6.19. The fraction of sp³-hybridized carbons (Fsp3) is 0.250. The van der Waals surface area contributed by atoms with E-state index in [-0.39, 0.29) is 0 Å². The third kappa shape index (κ3) is 2.52. The first-order valence-corrected chi connectivity index (χ1v) is 5.94. The number of hydrogen-bond donors (Lipinski definition) is 1. The Labute approximate surface area is 99.1 Å². The molecule has 0 saturated carbocycles. The number of thiophene rings is 1. The van der Waals surface area contributed by atoms with Gasteiger partial charge in [-0.25, -0.2) is 4.98 Å². The first kappa shape index (κ1) is 11.0. The minimum atomic E-state index is 0.641. The van der Waals surface area contributed by atoms with Crippen LogP contribution in [0.1, 0.15) is 10.4 Å². The second-order valence-corrected chi connectivity index (χ2v) is 4.53. The number of ether oxygens (including phenoxy) is 1. The molecule has 2 heterocycles. The zero-order valence-corrected chi connectivity index (χ0v) is 10.2. The number of rotatable bonds is 4. The SMILES string of the molecule is COc1ncc(C)cc1NCc1cccs1. The number of aromatic nitrogens is 1. The highest BCUT2D eigenvalue weighted by Crippen LogP contribution is 2.23. The molecule has 0 fully saturated rings. The first-order valence-electron chi connectivity index (χ1n) is 5.06. The van der Waals surface area contributed by atoms with Gasteiger partial charge in [0.1, 0.15) is 0 Å². The van der Waals surface area contributed by atoms with Gasteiger partial charge in [0, 0.05) is 17.6 Å². The lowest BCUT2D eigenvalue weighted by Gasteiger charge is -2.09. The lowest BCUT2D eigenvalue weighted by molar-refractivity contribution is 0.399. The van der Waals surface area contributed by atoms with Gasteiger partial charge in [-0.2, -0.15) is 0 Å². The van der Waals surface area contributed by atoms with Gasteiger partial charge in [-0.1, -0.05) is 6.07 Å². The van der Waals surface area contributed by atoms with Crippen LogP contribution in [0.2, 0.25) is 0 Å². The fourth-order valence-corrected chi connectivity index (χ4v) is 2.09. The van der Waals surface area contributed by atoms with Gasteiger partial charge >= 0.3 is 0 Å². The molecule has 0 unspecified atom stereocenters. The van der Waals surface area contributed by atoms with E-state index in [1.54, 1.807) is 24.6 Å². The molecule has 2 aromatic rings. The molecular formula is C12H14N2OS. The molecule has 16 heavy (non-hydrogen) atoms. The van der Waals surface area contributed by atoms with Crippen LogP contribution in [0.5, 0.6) is 5.88 Å². The van der Waals surface area contributed by atoms with Crippen LogP contribution >= 0.6 is 11.3 Å². The van der Waals surface area contributed by atoms with Gasteiger partial charge in [-0.3, -0.25) is 0 Å². The van der Waals surface area contributed by atoms with Gasteiger partial charge in [0.2, 0.25) is 5.88 Å². The lowest BCUT2D eigenvalue weighted by atomic mass is 10.3. The summed E-state index contributed by atoms with van der Waals surface area (Å²) in [7, 11) is 1.63. The zero-order valence-electron chi connectivity index (χ0n) is 9.36. The average molecular weight is 234 g/mol. The Balaban J connectivity index is 2.11. The number of hydrogen-bond acceptors (Lipinski definition) is 4. The highest BCUT2D eigenvalue weighted by atomic mass is 32.1. The third-order valence-corrected chi connectivity index (χ3v) is 3.09. The van der Waals surface area contributed by atoms with E-state index in [1.807, 2.05) is 19.1 Å². The molecular weight excluding hydrogens is 220 g/mol. The van der Waals surface area contributed by atoms with Crippen LogP contribution in [0.15, 0.2) is 29.8 Å². The van der Waals surface area contributed by atoms with Gasteiger partial charge in [0.15, 0.2) is 0 Å². The first-order chi connectivity index (χ1) is 7.79. The molecule has 0 aliphatic rings. The molecule has 2 rings (SSSR count). The van der Waals surface area contributed by atoms with E-state index in [4.69, 9.17) is 4.74 Å². The molecule has 0 atom stereocenters. The number of anilines is 1. The van der Waals surface area contributed by atoms with Crippen LogP contribution in [0.4, 0.5) is 5.69 Å². The lowest BCUT2D eigenvalue weighted by Crippen LogP contribution is -2.01. The monoisotopic (exact) mass is 234 g/mol. The van der Waals surface area contributed by atoms with Crippen molar-refractivity contribution < 1.29 is 4.74 Å². The van der Waals surface area contributed by atoms with Gasteiger partial charge in [0.05, 0.1) is 12.8 Å². The van der Waals surface area contributed by atoms with E-state index in [0.717, 1.165) is 17.8 Å². The number of nitrogens with one attached hydrogen (secondary N) is 1. The molecule has 0 amide bonds. The summed E-state index contributed by atoms with van der Waals surface area (Å²) in [6.07, 6.45) is 1.80. The Morgan fingerprint density at radius 3 is 3.06 bits per heavy atom. The maximum atomic E-state index is 5.20.